The summed E-state index contributed by atoms with van der Waals surface area (Å²) >= 11 is 0. The molecule has 0 radical (unpaired) electrons. The van der Waals surface area contributed by atoms with Crippen LogP contribution in [0.2, 0.25) is 0 Å². The molecular formula is C27H30F3N5. The fraction of sp³-hybridized carbons (Fsp3) is 0.407. The van der Waals surface area contributed by atoms with Gasteiger partial charge in [-0.15, -0.1) is 0 Å². The smallest absolute Gasteiger partial charge is 0.370 e. The monoisotopic (exact) mass is 481 g/mol. The Balaban J connectivity index is 1.67. The van der Waals surface area contributed by atoms with Crippen molar-refractivity contribution in [1.29, 1.82) is 5.26 Å². The van der Waals surface area contributed by atoms with E-state index in [0.717, 1.165) is 43.1 Å². The van der Waals surface area contributed by atoms with E-state index in [9.17, 15) is 18.4 Å². The zero-order chi connectivity index (χ0) is 25.2. The van der Waals surface area contributed by atoms with E-state index in [-0.39, 0.29) is 17.6 Å². The Morgan fingerprint density at radius 1 is 1.03 bits per heavy atom. The number of anilines is 2. The second-order valence-electron chi connectivity index (χ2n) is 9.98. The Hall–Kier alpha value is -3.31. The Morgan fingerprint density at radius 2 is 1.69 bits per heavy atom. The molecule has 0 atom stereocenters. The van der Waals surface area contributed by atoms with E-state index in [1.807, 2.05) is 24.3 Å². The van der Waals surface area contributed by atoms with Crippen LogP contribution in [0.4, 0.5) is 24.7 Å². The third-order valence-corrected chi connectivity index (χ3v) is 6.19. The number of nitriles is 1. The summed E-state index contributed by atoms with van der Waals surface area (Å²) in [5.41, 5.74) is 1.28. The van der Waals surface area contributed by atoms with Crippen molar-refractivity contribution in [2.45, 2.75) is 57.9 Å². The van der Waals surface area contributed by atoms with Crippen molar-refractivity contribution in [1.82, 2.24) is 10.3 Å². The van der Waals surface area contributed by atoms with Gasteiger partial charge in [0.1, 0.15) is 17.5 Å². The van der Waals surface area contributed by atoms with Gasteiger partial charge < -0.3 is 15.5 Å². The second kappa shape index (κ2) is 9.74. The molecule has 2 heterocycles. The SMILES string of the molecule is CC(C)(C)NC1CCN(c2c(C#N)c(NCc3ccccc3C(F)(F)F)nc3ccccc23)CC1. The number of benzene rings is 2. The Morgan fingerprint density at radius 3 is 2.34 bits per heavy atom. The van der Waals surface area contributed by atoms with Crippen molar-refractivity contribution >= 4 is 22.4 Å². The molecule has 1 aromatic heterocycles. The van der Waals surface area contributed by atoms with Crippen LogP contribution < -0.4 is 15.5 Å². The molecule has 4 rings (SSSR count). The summed E-state index contributed by atoms with van der Waals surface area (Å²) in [6.45, 7) is 7.90. The maximum absolute atomic E-state index is 13.5. The second-order valence-corrected chi connectivity index (χ2v) is 9.98. The first-order valence-electron chi connectivity index (χ1n) is 11.8. The average Bonchev–Trinajstić information content (AvgIpc) is 2.81. The van der Waals surface area contributed by atoms with Crippen molar-refractivity contribution in [3.05, 3.63) is 65.2 Å². The summed E-state index contributed by atoms with van der Waals surface area (Å²) < 4.78 is 40.4. The van der Waals surface area contributed by atoms with E-state index in [2.05, 4.69) is 47.4 Å². The van der Waals surface area contributed by atoms with Crippen molar-refractivity contribution in [3.8, 4) is 6.07 Å². The normalized spacial score (nSPS) is 15.3. The number of halogens is 3. The summed E-state index contributed by atoms with van der Waals surface area (Å²) in [6.07, 6.45) is -2.59. The number of hydrogen-bond acceptors (Lipinski definition) is 5. The van der Waals surface area contributed by atoms with Crippen LogP contribution in [-0.2, 0) is 12.7 Å². The first kappa shape index (κ1) is 24.8. The van der Waals surface area contributed by atoms with Crippen LogP contribution in [0.5, 0.6) is 0 Å². The minimum atomic E-state index is -4.45. The highest BCUT2D eigenvalue weighted by Gasteiger charge is 2.33. The van der Waals surface area contributed by atoms with E-state index in [4.69, 9.17) is 0 Å². The number of hydrogen-bond donors (Lipinski definition) is 2. The molecule has 0 amide bonds. The van der Waals surface area contributed by atoms with Crippen molar-refractivity contribution in [2.75, 3.05) is 23.3 Å². The number of fused-ring (bicyclic) bond motifs is 1. The van der Waals surface area contributed by atoms with E-state index in [0.29, 0.717) is 22.9 Å². The van der Waals surface area contributed by atoms with Crippen LogP contribution >= 0.6 is 0 Å². The molecule has 0 aliphatic carbocycles. The minimum Gasteiger partial charge on any atom is -0.370 e. The molecule has 8 heteroatoms. The van der Waals surface area contributed by atoms with Gasteiger partial charge in [0.25, 0.3) is 0 Å². The zero-order valence-corrected chi connectivity index (χ0v) is 20.2. The molecule has 0 spiro atoms. The molecule has 35 heavy (non-hydrogen) atoms. The van der Waals surface area contributed by atoms with Gasteiger partial charge in [-0.1, -0.05) is 36.4 Å². The van der Waals surface area contributed by atoms with Crippen LogP contribution in [0.15, 0.2) is 48.5 Å². The standard InChI is InChI=1S/C27H30F3N5/c1-26(2,3)34-19-12-14-35(15-13-19)24-20-9-5-7-11-23(20)33-25(21(24)16-31)32-17-18-8-4-6-10-22(18)27(28,29)30/h4-11,19,34H,12-15,17H2,1-3H3,(H,32,33). The van der Waals surface area contributed by atoms with Gasteiger partial charge in [0.2, 0.25) is 0 Å². The Labute approximate surface area is 204 Å². The van der Waals surface area contributed by atoms with E-state index < -0.39 is 11.7 Å². The molecule has 0 bridgehead atoms. The summed E-state index contributed by atoms with van der Waals surface area (Å²) in [7, 11) is 0. The molecule has 1 saturated heterocycles. The zero-order valence-electron chi connectivity index (χ0n) is 20.2. The lowest BCUT2D eigenvalue weighted by atomic mass is 9.98. The number of rotatable bonds is 5. The van der Waals surface area contributed by atoms with Gasteiger partial charge >= 0.3 is 6.18 Å². The van der Waals surface area contributed by atoms with E-state index in [1.54, 1.807) is 6.07 Å². The fourth-order valence-corrected chi connectivity index (χ4v) is 4.75. The number of nitrogens with one attached hydrogen (secondary N) is 2. The van der Waals surface area contributed by atoms with Gasteiger partial charge in [-0.3, -0.25) is 0 Å². The Kier molecular flexibility index (Phi) is 6.91. The quantitative estimate of drug-likeness (QED) is 0.461. The number of piperidine rings is 1. The fourth-order valence-electron chi connectivity index (χ4n) is 4.75. The molecular weight excluding hydrogens is 451 g/mol. The van der Waals surface area contributed by atoms with Crippen LogP contribution in [0.1, 0.15) is 50.3 Å². The molecule has 3 aromatic rings. The number of pyridine rings is 1. The molecule has 184 valence electrons. The maximum atomic E-state index is 13.5. The predicted octanol–water partition coefficient (Wildman–Crippen LogP) is 6.09. The van der Waals surface area contributed by atoms with Crippen LogP contribution in [0, 0.1) is 11.3 Å². The molecule has 0 saturated carbocycles. The van der Waals surface area contributed by atoms with Gasteiger partial charge in [0.15, 0.2) is 0 Å². The number of aromatic nitrogens is 1. The molecule has 1 aliphatic heterocycles. The first-order chi connectivity index (χ1) is 16.6. The summed E-state index contributed by atoms with van der Waals surface area (Å²) in [4.78, 5) is 6.82. The third kappa shape index (κ3) is 5.68. The lowest BCUT2D eigenvalue weighted by molar-refractivity contribution is -0.138. The number of nitrogens with zero attached hydrogens (tertiary/aromatic N) is 3. The molecule has 2 aromatic carbocycles. The van der Waals surface area contributed by atoms with Gasteiger partial charge in [-0.05, 0) is 51.3 Å². The molecule has 0 unspecified atom stereocenters. The van der Waals surface area contributed by atoms with Crippen LogP contribution in [0.3, 0.4) is 0 Å². The van der Waals surface area contributed by atoms with Crippen molar-refractivity contribution in [2.24, 2.45) is 0 Å². The third-order valence-electron chi connectivity index (χ3n) is 6.19. The topological polar surface area (TPSA) is 64.0 Å². The maximum Gasteiger partial charge on any atom is 0.416 e. The minimum absolute atomic E-state index is 0.0256. The molecule has 1 aliphatic rings. The van der Waals surface area contributed by atoms with Crippen molar-refractivity contribution in [3.63, 3.8) is 0 Å². The highest BCUT2D eigenvalue weighted by Crippen LogP contribution is 2.37. The molecule has 1 fully saturated rings. The van der Waals surface area contributed by atoms with Crippen LogP contribution in [0.25, 0.3) is 10.9 Å². The lowest BCUT2D eigenvalue weighted by Crippen LogP contribution is -2.49. The predicted molar refractivity (Wildman–Crippen MR) is 133 cm³/mol. The number of para-hydroxylation sites is 1. The largest absolute Gasteiger partial charge is 0.416 e. The summed E-state index contributed by atoms with van der Waals surface area (Å²) in [5.74, 6) is 0.299. The summed E-state index contributed by atoms with van der Waals surface area (Å²) in [6, 6.07) is 15.7. The van der Waals surface area contributed by atoms with E-state index in [1.165, 1.54) is 12.1 Å². The average molecular weight is 482 g/mol. The van der Waals surface area contributed by atoms with Gasteiger partial charge in [-0.25, -0.2) is 4.98 Å². The summed E-state index contributed by atoms with van der Waals surface area (Å²) in [5, 5.41) is 17.7. The molecule has 5 nitrogen and oxygen atoms in total. The van der Waals surface area contributed by atoms with Gasteiger partial charge in [0, 0.05) is 36.6 Å². The van der Waals surface area contributed by atoms with Gasteiger partial charge in [-0.2, -0.15) is 18.4 Å². The van der Waals surface area contributed by atoms with Crippen LogP contribution in [-0.4, -0.2) is 29.7 Å². The lowest BCUT2D eigenvalue weighted by Gasteiger charge is -2.38. The van der Waals surface area contributed by atoms with E-state index >= 15 is 0 Å². The number of alkyl halides is 3. The molecule has 2 N–H and O–H groups in total. The first-order valence-corrected chi connectivity index (χ1v) is 11.8. The van der Waals surface area contributed by atoms with Crippen molar-refractivity contribution < 1.29 is 13.2 Å². The highest BCUT2D eigenvalue weighted by molar-refractivity contribution is 5.97. The van der Waals surface area contributed by atoms with Gasteiger partial charge in [0.05, 0.1) is 16.8 Å². The Bertz CT molecular complexity index is 1230. The highest BCUT2D eigenvalue weighted by atomic mass is 19.4.